The molecule has 0 saturated carbocycles. The first kappa shape index (κ1) is 10.8. The zero-order valence-corrected chi connectivity index (χ0v) is 8.67. The van der Waals surface area contributed by atoms with E-state index >= 15 is 0 Å². The summed E-state index contributed by atoms with van der Waals surface area (Å²) in [5.74, 6) is -1.15. The second-order valence-corrected chi connectivity index (χ2v) is 3.30. The molecule has 0 saturated heterocycles. The van der Waals surface area contributed by atoms with Crippen molar-refractivity contribution in [3.05, 3.63) is 47.4 Å². The van der Waals surface area contributed by atoms with E-state index in [9.17, 15) is 8.78 Å². The Morgan fingerprint density at radius 3 is 2.56 bits per heavy atom. The van der Waals surface area contributed by atoms with Crippen molar-refractivity contribution in [3.8, 4) is 0 Å². The lowest BCUT2D eigenvalue weighted by atomic mass is 10.3. The van der Waals surface area contributed by atoms with Gasteiger partial charge in [0, 0.05) is 18.5 Å². The Labute approximate surface area is 95.1 Å². The minimum Gasteiger partial charge on any atom is -0.335 e. The summed E-state index contributed by atoms with van der Waals surface area (Å²) in [5, 5.41) is 2.74. The van der Waals surface area contributed by atoms with Crippen molar-refractivity contribution in [2.75, 3.05) is 5.32 Å². The molecule has 1 N–H and O–H groups in total. The first-order valence-electron chi connectivity index (χ1n) is 4.35. The summed E-state index contributed by atoms with van der Waals surface area (Å²) in [4.78, 5) is 7.64. The summed E-state index contributed by atoms with van der Waals surface area (Å²) in [5.41, 5.74) is 0.0869. The molecule has 1 aromatic carbocycles. The van der Waals surface area contributed by atoms with Gasteiger partial charge in [-0.3, -0.25) is 0 Å². The molecular weight excluding hydrogens is 236 g/mol. The van der Waals surface area contributed by atoms with Gasteiger partial charge in [-0.25, -0.2) is 18.7 Å². The lowest BCUT2D eigenvalue weighted by molar-refractivity contribution is 0.586. The molecule has 0 fully saturated rings. The molecule has 0 aliphatic carbocycles. The molecule has 1 heterocycles. The van der Waals surface area contributed by atoms with Crippen LogP contribution in [0.25, 0.3) is 0 Å². The molecule has 3 nitrogen and oxygen atoms in total. The molecule has 82 valence electrons. The minimum atomic E-state index is -0.721. The summed E-state index contributed by atoms with van der Waals surface area (Å²) in [7, 11) is 0. The largest absolute Gasteiger partial charge is 0.335 e. The quantitative estimate of drug-likeness (QED) is 0.878. The number of aromatic nitrogens is 2. The van der Waals surface area contributed by atoms with Gasteiger partial charge in [0.05, 0.1) is 5.69 Å². The van der Waals surface area contributed by atoms with E-state index in [0.717, 1.165) is 12.1 Å². The third-order valence-electron chi connectivity index (χ3n) is 1.84. The van der Waals surface area contributed by atoms with Gasteiger partial charge >= 0.3 is 0 Å². The fraction of sp³-hybridized carbons (Fsp3) is 0. The van der Waals surface area contributed by atoms with E-state index in [-0.39, 0.29) is 16.7 Å². The van der Waals surface area contributed by atoms with Crippen molar-refractivity contribution >= 4 is 23.1 Å². The molecule has 2 rings (SSSR count). The molecule has 1 aromatic heterocycles. The number of nitrogens with one attached hydrogen (secondary N) is 1. The normalized spacial score (nSPS) is 10.2. The predicted octanol–water partition coefficient (Wildman–Crippen LogP) is 3.15. The van der Waals surface area contributed by atoms with Gasteiger partial charge in [0.25, 0.3) is 0 Å². The molecule has 0 amide bonds. The Hall–Kier alpha value is -1.75. The maximum Gasteiger partial charge on any atom is 0.171 e. The van der Waals surface area contributed by atoms with Crippen LogP contribution in [0.1, 0.15) is 0 Å². The van der Waals surface area contributed by atoms with Gasteiger partial charge in [0.1, 0.15) is 11.6 Å². The molecule has 6 heteroatoms. The summed E-state index contributed by atoms with van der Waals surface area (Å²) in [6.07, 6.45) is 2.82. The van der Waals surface area contributed by atoms with E-state index in [1.165, 1.54) is 18.5 Å². The second-order valence-electron chi connectivity index (χ2n) is 2.94. The van der Waals surface area contributed by atoms with Gasteiger partial charge in [0.2, 0.25) is 0 Å². The zero-order valence-electron chi connectivity index (χ0n) is 7.92. The summed E-state index contributed by atoms with van der Waals surface area (Å²) in [6.45, 7) is 0. The Bertz CT molecular complexity index is 519. The van der Waals surface area contributed by atoms with Crippen LogP contribution in [0.15, 0.2) is 30.6 Å². The molecule has 0 unspecified atom stereocenters. The van der Waals surface area contributed by atoms with Crippen molar-refractivity contribution in [1.82, 2.24) is 9.97 Å². The molecule has 0 spiro atoms. The van der Waals surface area contributed by atoms with Crippen molar-refractivity contribution in [2.45, 2.75) is 0 Å². The van der Waals surface area contributed by atoms with E-state index < -0.39 is 11.6 Å². The number of hydrogen-bond donors (Lipinski definition) is 1. The topological polar surface area (TPSA) is 37.8 Å². The van der Waals surface area contributed by atoms with E-state index in [4.69, 9.17) is 11.6 Å². The minimum absolute atomic E-state index is 0.0869. The Kier molecular flexibility index (Phi) is 2.96. The van der Waals surface area contributed by atoms with Crippen molar-refractivity contribution in [3.63, 3.8) is 0 Å². The van der Waals surface area contributed by atoms with Crippen molar-refractivity contribution in [2.24, 2.45) is 0 Å². The van der Waals surface area contributed by atoms with Crippen molar-refractivity contribution in [1.29, 1.82) is 0 Å². The van der Waals surface area contributed by atoms with Crippen LogP contribution in [-0.2, 0) is 0 Å². The van der Waals surface area contributed by atoms with E-state index in [0.29, 0.717) is 0 Å². The van der Waals surface area contributed by atoms with E-state index in [1.807, 2.05) is 0 Å². The van der Waals surface area contributed by atoms with Crippen LogP contribution >= 0.6 is 11.6 Å². The molecule has 0 atom stereocenters. The SMILES string of the molecule is Fc1ccc(Nc2nccnc2Cl)c(F)c1. The van der Waals surface area contributed by atoms with E-state index in [2.05, 4.69) is 15.3 Å². The monoisotopic (exact) mass is 241 g/mol. The number of rotatable bonds is 2. The third-order valence-corrected chi connectivity index (χ3v) is 2.11. The standard InChI is InChI=1S/C10H6ClF2N3/c11-9-10(15-4-3-14-9)16-8-2-1-6(12)5-7(8)13/h1-5H,(H,15,16). The summed E-state index contributed by atoms with van der Waals surface area (Å²) in [6, 6.07) is 3.16. The molecule has 0 aliphatic rings. The summed E-state index contributed by atoms with van der Waals surface area (Å²) >= 11 is 5.73. The van der Waals surface area contributed by atoms with Gasteiger partial charge in [-0.15, -0.1) is 0 Å². The number of benzene rings is 1. The van der Waals surface area contributed by atoms with Crippen molar-refractivity contribution < 1.29 is 8.78 Å². The fourth-order valence-corrected chi connectivity index (χ4v) is 1.28. The average molecular weight is 242 g/mol. The highest BCUT2D eigenvalue weighted by atomic mass is 35.5. The summed E-state index contributed by atoms with van der Waals surface area (Å²) < 4.78 is 25.9. The first-order valence-corrected chi connectivity index (χ1v) is 4.73. The van der Waals surface area contributed by atoms with E-state index in [1.54, 1.807) is 0 Å². The van der Waals surface area contributed by atoms with Crippen LogP contribution in [-0.4, -0.2) is 9.97 Å². The molecule has 0 aliphatic heterocycles. The van der Waals surface area contributed by atoms with Gasteiger partial charge in [0.15, 0.2) is 11.0 Å². The zero-order chi connectivity index (χ0) is 11.5. The van der Waals surface area contributed by atoms with Crippen LogP contribution in [0, 0.1) is 11.6 Å². The number of nitrogens with zero attached hydrogens (tertiary/aromatic N) is 2. The lowest BCUT2D eigenvalue weighted by Crippen LogP contribution is -1.98. The molecule has 16 heavy (non-hydrogen) atoms. The average Bonchev–Trinajstić information content (AvgIpc) is 2.25. The van der Waals surface area contributed by atoms with Gasteiger partial charge in [-0.2, -0.15) is 0 Å². The first-order chi connectivity index (χ1) is 7.66. The molecule has 0 bridgehead atoms. The van der Waals surface area contributed by atoms with Crippen LogP contribution in [0.3, 0.4) is 0 Å². The number of anilines is 2. The van der Waals surface area contributed by atoms with Crippen LogP contribution in [0.2, 0.25) is 5.15 Å². The Morgan fingerprint density at radius 1 is 1.12 bits per heavy atom. The highest BCUT2D eigenvalue weighted by Gasteiger charge is 2.07. The lowest BCUT2D eigenvalue weighted by Gasteiger charge is -2.07. The number of hydrogen-bond acceptors (Lipinski definition) is 3. The predicted molar refractivity (Wildman–Crippen MR) is 56.7 cm³/mol. The third kappa shape index (κ3) is 2.25. The van der Waals surface area contributed by atoms with Gasteiger partial charge < -0.3 is 5.32 Å². The number of halogens is 3. The molecule has 2 aromatic rings. The van der Waals surface area contributed by atoms with Crippen LogP contribution in [0.4, 0.5) is 20.3 Å². The highest BCUT2D eigenvalue weighted by Crippen LogP contribution is 2.22. The fourth-order valence-electron chi connectivity index (χ4n) is 1.12. The Morgan fingerprint density at radius 2 is 1.88 bits per heavy atom. The van der Waals surface area contributed by atoms with Crippen LogP contribution < -0.4 is 5.32 Å². The Balaban J connectivity index is 2.31. The second kappa shape index (κ2) is 4.40. The maximum absolute atomic E-state index is 13.3. The van der Waals surface area contributed by atoms with Gasteiger partial charge in [-0.1, -0.05) is 11.6 Å². The molecular formula is C10H6ClF2N3. The smallest absolute Gasteiger partial charge is 0.171 e. The highest BCUT2D eigenvalue weighted by molar-refractivity contribution is 6.31. The maximum atomic E-state index is 13.3. The van der Waals surface area contributed by atoms with Gasteiger partial charge in [-0.05, 0) is 12.1 Å². The van der Waals surface area contributed by atoms with Crippen LogP contribution in [0.5, 0.6) is 0 Å². The molecule has 0 radical (unpaired) electrons.